The highest BCUT2D eigenvalue weighted by molar-refractivity contribution is 5.72. The van der Waals surface area contributed by atoms with Gasteiger partial charge in [-0.3, -0.25) is 0 Å². The molecule has 1 amide bonds. The van der Waals surface area contributed by atoms with Gasteiger partial charge in [0.2, 0.25) is 0 Å². The van der Waals surface area contributed by atoms with Crippen molar-refractivity contribution in [1.82, 2.24) is 5.32 Å². The third-order valence-corrected chi connectivity index (χ3v) is 2.75. The molecule has 2 N–H and O–H groups in total. The van der Waals surface area contributed by atoms with Crippen molar-refractivity contribution >= 4 is 12.1 Å². The lowest BCUT2D eigenvalue weighted by atomic mass is 9.94. The molecule has 0 radical (unpaired) electrons. The second-order valence-corrected chi connectivity index (χ2v) is 7.79. The molecule has 0 saturated heterocycles. The molecule has 0 saturated carbocycles. The van der Waals surface area contributed by atoms with E-state index in [4.69, 9.17) is 14.6 Å². The summed E-state index contributed by atoms with van der Waals surface area (Å²) in [6, 6.07) is 0. The Morgan fingerprint density at radius 3 is 2.09 bits per heavy atom. The molecule has 22 heavy (non-hydrogen) atoms. The van der Waals surface area contributed by atoms with Crippen LogP contribution in [0.5, 0.6) is 0 Å². The fraction of sp³-hybridized carbons (Fsp3) is 0.875. The maximum atomic E-state index is 11.6. The van der Waals surface area contributed by atoms with Crippen molar-refractivity contribution in [1.29, 1.82) is 0 Å². The number of carboxylic acids is 1. The summed E-state index contributed by atoms with van der Waals surface area (Å²) in [5.74, 6) is -0.714. The van der Waals surface area contributed by atoms with Gasteiger partial charge in [0.05, 0.1) is 6.61 Å². The maximum absolute atomic E-state index is 11.6. The normalized spacial score (nSPS) is 13.8. The van der Waals surface area contributed by atoms with Gasteiger partial charge in [-0.25, -0.2) is 9.59 Å². The molecule has 6 heteroatoms. The van der Waals surface area contributed by atoms with Crippen molar-refractivity contribution in [3.63, 3.8) is 0 Å². The van der Waals surface area contributed by atoms with Crippen LogP contribution in [-0.2, 0) is 14.3 Å². The van der Waals surface area contributed by atoms with Gasteiger partial charge in [-0.1, -0.05) is 27.7 Å². The number of hydrogen-bond donors (Lipinski definition) is 2. The van der Waals surface area contributed by atoms with Crippen molar-refractivity contribution in [3.05, 3.63) is 0 Å². The number of carboxylic acid groups (broad SMARTS) is 1. The molecule has 0 aromatic carbocycles. The molecule has 1 unspecified atom stereocenters. The first-order valence-corrected chi connectivity index (χ1v) is 7.64. The summed E-state index contributed by atoms with van der Waals surface area (Å²) in [5, 5.41) is 11.8. The fourth-order valence-corrected chi connectivity index (χ4v) is 1.67. The summed E-state index contributed by atoms with van der Waals surface area (Å²) in [6.45, 7) is 13.7. The topological polar surface area (TPSA) is 84.9 Å². The van der Waals surface area contributed by atoms with Crippen LogP contribution in [0.1, 0.15) is 54.9 Å². The summed E-state index contributed by atoms with van der Waals surface area (Å²) in [4.78, 5) is 22.8. The van der Waals surface area contributed by atoms with E-state index in [0.717, 1.165) is 0 Å². The molecule has 0 aliphatic carbocycles. The number of nitrogens with one attached hydrogen (secondary N) is 1. The van der Waals surface area contributed by atoms with E-state index in [1.165, 1.54) is 0 Å². The lowest BCUT2D eigenvalue weighted by molar-refractivity contribution is -0.153. The number of carbonyl (C=O) groups is 2. The van der Waals surface area contributed by atoms with Crippen molar-refractivity contribution in [2.75, 3.05) is 13.2 Å². The average molecular weight is 317 g/mol. The molecule has 0 fully saturated rings. The largest absolute Gasteiger partial charge is 0.479 e. The van der Waals surface area contributed by atoms with Crippen LogP contribution in [0, 0.1) is 11.3 Å². The van der Waals surface area contributed by atoms with Gasteiger partial charge in [0.25, 0.3) is 0 Å². The van der Waals surface area contributed by atoms with Crippen LogP contribution in [0.3, 0.4) is 0 Å². The predicted octanol–water partition coefficient (Wildman–Crippen LogP) is 3.05. The first kappa shape index (κ1) is 20.7. The molecule has 1 atom stereocenters. The van der Waals surface area contributed by atoms with Crippen LogP contribution in [-0.4, -0.2) is 42.0 Å². The number of hydrogen-bond acceptors (Lipinski definition) is 4. The lowest BCUT2D eigenvalue weighted by Gasteiger charge is -2.28. The smallest absolute Gasteiger partial charge is 0.407 e. The summed E-state index contributed by atoms with van der Waals surface area (Å²) in [6.07, 6.45) is -0.844. The van der Waals surface area contributed by atoms with E-state index in [1.807, 2.05) is 27.7 Å². The molecule has 0 spiro atoms. The van der Waals surface area contributed by atoms with Crippen LogP contribution >= 0.6 is 0 Å². The quantitative estimate of drug-likeness (QED) is 0.718. The lowest BCUT2D eigenvalue weighted by Crippen LogP contribution is -2.41. The second kappa shape index (κ2) is 8.36. The number of ether oxygens (including phenoxy) is 2. The zero-order valence-corrected chi connectivity index (χ0v) is 14.9. The highest BCUT2D eigenvalue weighted by Crippen LogP contribution is 2.18. The highest BCUT2D eigenvalue weighted by atomic mass is 16.6. The molecule has 0 rings (SSSR count). The van der Waals surface area contributed by atoms with E-state index in [1.54, 1.807) is 20.8 Å². The Kier molecular flexibility index (Phi) is 7.87. The first-order valence-electron chi connectivity index (χ1n) is 7.64. The van der Waals surface area contributed by atoms with Crippen molar-refractivity contribution in [2.45, 2.75) is 66.6 Å². The van der Waals surface area contributed by atoms with Gasteiger partial charge in [0.15, 0.2) is 6.10 Å². The average Bonchev–Trinajstić information content (AvgIpc) is 2.29. The Labute approximate surface area is 133 Å². The minimum atomic E-state index is -0.954. The summed E-state index contributed by atoms with van der Waals surface area (Å²) < 4.78 is 10.7. The number of amides is 1. The summed E-state index contributed by atoms with van der Waals surface area (Å²) in [5.41, 5.74) is -0.933. The second-order valence-electron chi connectivity index (χ2n) is 7.79. The van der Waals surface area contributed by atoms with Gasteiger partial charge in [0, 0.05) is 12.0 Å². The van der Waals surface area contributed by atoms with Gasteiger partial charge in [-0.2, -0.15) is 0 Å². The molecule has 0 aromatic rings. The Hall–Kier alpha value is -1.30. The number of rotatable bonds is 8. The standard InChI is InChI=1S/C16H31NO5/c1-11(2)8-12(13(18)19)21-10-16(6,7)9-17-14(20)22-15(3,4)5/h11-12H,8-10H2,1-7H3,(H,17,20)(H,18,19). The molecule has 130 valence electrons. The van der Waals surface area contributed by atoms with E-state index in [9.17, 15) is 9.59 Å². The Morgan fingerprint density at radius 1 is 1.14 bits per heavy atom. The van der Waals surface area contributed by atoms with Crippen LogP contribution in [0.25, 0.3) is 0 Å². The first-order chi connectivity index (χ1) is 9.82. The fourth-order valence-electron chi connectivity index (χ4n) is 1.67. The van der Waals surface area contributed by atoms with E-state index >= 15 is 0 Å². The third kappa shape index (κ3) is 10.4. The molecule has 6 nitrogen and oxygen atoms in total. The third-order valence-electron chi connectivity index (χ3n) is 2.75. The van der Waals surface area contributed by atoms with Crippen LogP contribution in [0.4, 0.5) is 4.79 Å². The Bertz CT molecular complexity index is 371. The van der Waals surface area contributed by atoms with Gasteiger partial charge in [-0.05, 0) is 33.1 Å². The van der Waals surface area contributed by atoms with E-state index in [0.29, 0.717) is 13.0 Å². The number of alkyl carbamates (subject to hydrolysis) is 1. The number of carbonyl (C=O) groups excluding carboxylic acids is 1. The Morgan fingerprint density at radius 2 is 1.68 bits per heavy atom. The Balaban J connectivity index is 4.33. The number of aliphatic carboxylic acids is 1. The van der Waals surface area contributed by atoms with E-state index in [-0.39, 0.29) is 17.9 Å². The maximum Gasteiger partial charge on any atom is 0.407 e. The summed E-state index contributed by atoms with van der Waals surface area (Å²) >= 11 is 0. The van der Waals surface area contributed by atoms with Crippen LogP contribution in [0.15, 0.2) is 0 Å². The molecule has 0 bridgehead atoms. The molecule has 0 aliphatic rings. The van der Waals surface area contributed by atoms with Crippen LogP contribution < -0.4 is 5.32 Å². The van der Waals surface area contributed by atoms with Gasteiger partial charge >= 0.3 is 12.1 Å². The van der Waals surface area contributed by atoms with Gasteiger partial charge < -0.3 is 19.9 Å². The van der Waals surface area contributed by atoms with Gasteiger partial charge in [0.1, 0.15) is 5.60 Å². The SMILES string of the molecule is CC(C)CC(OCC(C)(C)CNC(=O)OC(C)(C)C)C(=O)O. The van der Waals surface area contributed by atoms with Crippen molar-refractivity contribution < 1.29 is 24.2 Å². The molecule has 0 aliphatic heterocycles. The van der Waals surface area contributed by atoms with Crippen molar-refractivity contribution in [2.24, 2.45) is 11.3 Å². The highest BCUT2D eigenvalue weighted by Gasteiger charge is 2.26. The minimum absolute atomic E-state index is 0.240. The molecule has 0 aromatic heterocycles. The van der Waals surface area contributed by atoms with Gasteiger partial charge in [-0.15, -0.1) is 0 Å². The van der Waals surface area contributed by atoms with E-state index < -0.39 is 23.8 Å². The molecule has 0 heterocycles. The molecular weight excluding hydrogens is 286 g/mol. The zero-order valence-electron chi connectivity index (χ0n) is 14.9. The summed E-state index contributed by atoms with van der Waals surface area (Å²) in [7, 11) is 0. The van der Waals surface area contributed by atoms with Crippen molar-refractivity contribution in [3.8, 4) is 0 Å². The minimum Gasteiger partial charge on any atom is -0.479 e. The monoisotopic (exact) mass is 317 g/mol. The van der Waals surface area contributed by atoms with Crippen LogP contribution in [0.2, 0.25) is 0 Å². The van der Waals surface area contributed by atoms with E-state index in [2.05, 4.69) is 5.32 Å². The zero-order chi connectivity index (χ0) is 17.6. The molecular formula is C16H31NO5. The predicted molar refractivity (Wildman–Crippen MR) is 84.8 cm³/mol.